The molecule has 8 heteroatoms. The van der Waals surface area contributed by atoms with E-state index in [-0.39, 0.29) is 11.9 Å². The van der Waals surface area contributed by atoms with E-state index >= 15 is 0 Å². The van der Waals surface area contributed by atoms with Crippen molar-refractivity contribution < 1.29 is 9.53 Å². The van der Waals surface area contributed by atoms with Crippen molar-refractivity contribution >= 4 is 5.91 Å². The minimum absolute atomic E-state index is 0.0651. The van der Waals surface area contributed by atoms with Crippen LogP contribution in [0.15, 0.2) is 36.8 Å². The highest BCUT2D eigenvalue weighted by molar-refractivity contribution is 5.98. The van der Waals surface area contributed by atoms with E-state index in [1.165, 1.54) is 4.80 Å². The molecule has 3 unspecified atom stereocenters. The van der Waals surface area contributed by atoms with E-state index in [0.717, 1.165) is 48.4 Å². The van der Waals surface area contributed by atoms with Crippen molar-refractivity contribution in [1.29, 1.82) is 0 Å². The Bertz CT molecular complexity index is 1130. The number of aryl methyl sites for hydroxylation is 3. The molecule has 1 saturated carbocycles. The van der Waals surface area contributed by atoms with Crippen LogP contribution in [0.5, 0.6) is 5.88 Å². The lowest BCUT2D eigenvalue weighted by molar-refractivity contribution is -0.00486. The van der Waals surface area contributed by atoms with Gasteiger partial charge in [0.1, 0.15) is 0 Å². The Kier molecular flexibility index (Phi) is 5.36. The third-order valence-corrected chi connectivity index (χ3v) is 6.72. The first kappa shape index (κ1) is 20.6. The molecule has 3 fully saturated rings. The molecule has 2 aliphatic heterocycles. The number of nitrogens with zero attached hydrogens (tertiary/aromatic N) is 6. The van der Waals surface area contributed by atoms with Gasteiger partial charge in [-0.15, -0.1) is 0 Å². The van der Waals surface area contributed by atoms with Crippen LogP contribution in [0.25, 0.3) is 5.69 Å². The summed E-state index contributed by atoms with van der Waals surface area (Å²) in [5, 5.41) is 8.47. The molecule has 2 aromatic heterocycles. The summed E-state index contributed by atoms with van der Waals surface area (Å²) in [6, 6.07) is 6.08. The Balaban J connectivity index is 1.31. The molecule has 8 nitrogen and oxygen atoms in total. The zero-order valence-electron chi connectivity index (χ0n) is 18.7. The van der Waals surface area contributed by atoms with Crippen molar-refractivity contribution in [3.8, 4) is 11.6 Å². The maximum atomic E-state index is 13.6. The fourth-order valence-corrected chi connectivity index (χ4v) is 5.08. The van der Waals surface area contributed by atoms with E-state index in [1.54, 1.807) is 18.6 Å². The second-order valence-corrected chi connectivity index (χ2v) is 9.00. The van der Waals surface area contributed by atoms with E-state index in [1.807, 2.05) is 39.0 Å². The number of rotatable bonds is 5. The topological polar surface area (TPSA) is 86.0 Å². The zero-order valence-corrected chi connectivity index (χ0v) is 18.7. The number of aromatic nitrogens is 5. The number of amides is 1. The third kappa shape index (κ3) is 3.85. The Labute approximate surface area is 187 Å². The Morgan fingerprint density at radius 2 is 1.97 bits per heavy atom. The third-order valence-electron chi connectivity index (χ3n) is 6.72. The van der Waals surface area contributed by atoms with Gasteiger partial charge in [-0.2, -0.15) is 15.0 Å². The van der Waals surface area contributed by atoms with Gasteiger partial charge in [0, 0.05) is 12.6 Å². The van der Waals surface area contributed by atoms with E-state index in [0.29, 0.717) is 29.9 Å². The second-order valence-electron chi connectivity index (χ2n) is 9.00. The summed E-state index contributed by atoms with van der Waals surface area (Å²) in [6.45, 7) is 7.24. The average Bonchev–Trinajstić information content (AvgIpc) is 3.33. The van der Waals surface area contributed by atoms with Crippen LogP contribution >= 0.6 is 0 Å². The summed E-state index contributed by atoms with van der Waals surface area (Å²) in [5.41, 5.74) is 4.14. The molecule has 1 amide bonds. The van der Waals surface area contributed by atoms with E-state index in [4.69, 9.17) is 4.74 Å². The molecule has 6 rings (SSSR count). The number of piperidine rings is 2. The number of benzene rings is 1. The first-order chi connectivity index (χ1) is 15.5. The molecule has 0 N–H and O–H groups in total. The van der Waals surface area contributed by atoms with E-state index in [2.05, 4.69) is 25.1 Å². The second kappa shape index (κ2) is 8.33. The molecule has 3 atom stereocenters. The predicted octanol–water partition coefficient (Wildman–Crippen LogP) is 3.30. The highest BCUT2D eigenvalue weighted by atomic mass is 16.5. The number of hydrogen-bond donors (Lipinski definition) is 0. The highest BCUT2D eigenvalue weighted by Crippen LogP contribution is 2.40. The molecule has 3 aromatic rings. The van der Waals surface area contributed by atoms with Crippen LogP contribution in [-0.4, -0.2) is 55.0 Å². The van der Waals surface area contributed by atoms with Gasteiger partial charge in [0.15, 0.2) is 0 Å². The summed E-state index contributed by atoms with van der Waals surface area (Å²) in [5.74, 6) is 1.53. The highest BCUT2D eigenvalue weighted by Gasteiger charge is 2.43. The van der Waals surface area contributed by atoms with Gasteiger partial charge in [-0.25, -0.2) is 4.98 Å². The Morgan fingerprint density at radius 3 is 2.69 bits per heavy atom. The van der Waals surface area contributed by atoms with Crippen LogP contribution in [0, 0.1) is 32.6 Å². The molecule has 2 bridgehead atoms. The van der Waals surface area contributed by atoms with Crippen LogP contribution in [0.4, 0.5) is 0 Å². The molecule has 2 saturated heterocycles. The molecule has 3 aliphatic rings. The van der Waals surface area contributed by atoms with Gasteiger partial charge < -0.3 is 9.64 Å². The lowest BCUT2D eigenvalue weighted by Crippen LogP contribution is -2.55. The van der Waals surface area contributed by atoms with Crippen LogP contribution in [-0.2, 0) is 0 Å². The lowest BCUT2D eigenvalue weighted by atomic mass is 9.72. The van der Waals surface area contributed by atoms with Crippen molar-refractivity contribution in [3.63, 3.8) is 0 Å². The van der Waals surface area contributed by atoms with Crippen molar-refractivity contribution in [2.75, 3.05) is 13.2 Å². The molecule has 0 radical (unpaired) electrons. The van der Waals surface area contributed by atoms with Gasteiger partial charge in [0.25, 0.3) is 5.91 Å². The van der Waals surface area contributed by atoms with Gasteiger partial charge in [0.2, 0.25) is 5.88 Å². The minimum Gasteiger partial charge on any atom is -0.476 e. The van der Waals surface area contributed by atoms with Gasteiger partial charge in [-0.05, 0) is 64.0 Å². The quantitative estimate of drug-likeness (QED) is 0.615. The zero-order chi connectivity index (χ0) is 22.2. The smallest absolute Gasteiger partial charge is 0.256 e. The standard InChI is InChI=1S/C24H28N6O2/c1-15-4-7-22(30-26-8-9-27-30)21(10-15)24(31)29-13-18-5-6-20(29)11-19(18)14-32-23-17(3)28-16(2)12-25-23/h4,7-10,12,18-20H,5-6,11,13-14H2,1-3H3. The van der Waals surface area contributed by atoms with Crippen LogP contribution in [0.1, 0.15) is 46.6 Å². The summed E-state index contributed by atoms with van der Waals surface area (Å²) in [6.07, 6.45) is 8.11. The van der Waals surface area contributed by atoms with Crippen LogP contribution in [0.2, 0.25) is 0 Å². The van der Waals surface area contributed by atoms with E-state index < -0.39 is 0 Å². The molecule has 166 valence electrons. The van der Waals surface area contributed by atoms with Crippen molar-refractivity contribution in [2.24, 2.45) is 11.8 Å². The summed E-state index contributed by atoms with van der Waals surface area (Å²) in [7, 11) is 0. The first-order valence-corrected chi connectivity index (χ1v) is 11.2. The number of hydrogen-bond acceptors (Lipinski definition) is 6. The SMILES string of the molecule is Cc1ccc(-n2nccn2)c(C(=O)N2CC3CCC2CC3COc2ncc(C)nc2C)c1. The molecular formula is C24H28N6O2. The number of carbonyl (C=O) groups is 1. The summed E-state index contributed by atoms with van der Waals surface area (Å²) < 4.78 is 6.05. The van der Waals surface area contributed by atoms with Gasteiger partial charge in [-0.1, -0.05) is 11.6 Å². The average molecular weight is 433 g/mol. The Hall–Kier alpha value is -3.29. The fraction of sp³-hybridized carbons (Fsp3) is 0.458. The fourth-order valence-electron chi connectivity index (χ4n) is 5.08. The van der Waals surface area contributed by atoms with Gasteiger partial charge >= 0.3 is 0 Å². The lowest BCUT2D eigenvalue weighted by Gasteiger charge is -2.49. The largest absolute Gasteiger partial charge is 0.476 e. The number of ether oxygens (including phenoxy) is 1. The van der Waals surface area contributed by atoms with E-state index in [9.17, 15) is 4.79 Å². The molecule has 0 spiro atoms. The summed E-state index contributed by atoms with van der Waals surface area (Å²) in [4.78, 5) is 26.0. The normalized spacial score (nSPS) is 22.2. The minimum atomic E-state index is 0.0651. The van der Waals surface area contributed by atoms with Crippen LogP contribution < -0.4 is 4.74 Å². The maximum Gasteiger partial charge on any atom is 0.256 e. The van der Waals surface area contributed by atoms with Gasteiger partial charge in [-0.3, -0.25) is 9.78 Å². The number of fused-ring (bicyclic) bond motifs is 3. The predicted molar refractivity (Wildman–Crippen MR) is 119 cm³/mol. The summed E-state index contributed by atoms with van der Waals surface area (Å²) >= 11 is 0. The molecule has 1 aromatic carbocycles. The van der Waals surface area contributed by atoms with Crippen molar-refractivity contribution in [3.05, 3.63) is 59.3 Å². The van der Waals surface area contributed by atoms with Crippen LogP contribution in [0.3, 0.4) is 0 Å². The molecule has 1 aliphatic carbocycles. The monoisotopic (exact) mass is 432 g/mol. The van der Waals surface area contributed by atoms with Crippen molar-refractivity contribution in [2.45, 2.75) is 46.1 Å². The van der Waals surface area contributed by atoms with Crippen molar-refractivity contribution in [1.82, 2.24) is 29.9 Å². The number of carbonyl (C=O) groups excluding carboxylic acids is 1. The molecular weight excluding hydrogens is 404 g/mol. The first-order valence-electron chi connectivity index (χ1n) is 11.2. The Morgan fingerprint density at radius 1 is 1.16 bits per heavy atom. The molecule has 4 heterocycles. The molecule has 32 heavy (non-hydrogen) atoms. The van der Waals surface area contributed by atoms with Gasteiger partial charge in [0.05, 0.1) is 47.8 Å². The maximum absolute atomic E-state index is 13.6.